The van der Waals surface area contributed by atoms with Gasteiger partial charge in [0.25, 0.3) is 5.91 Å². The fourth-order valence-electron chi connectivity index (χ4n) is 2.64. The van der Waals surface area contributed by atoms with Crippen molar-refractivity contribution < 1.29 is 4.79 Å². The van der Waals surface area contributed by atoms with Crippen LogP contribution in [0.4, 0.5) is 5.69 Å². The van der Waals surface area contributed by atoms with E-state index in [4.69, 9.17) is 11.6 Å². The van der Waals surface area contributed by atoms with Gasteiger partial charge in [-0.1, -0.05) is 23.7 Å². The molecule has 25 heavy (non-hydrogen) atoms. The van der Waals surface area contributed by atoms with Gasteiger partial charge in [-0.05, 0) is 44.0 Å². The number of rotatable bonds is 4. The van der Waals surface area contributed by atoms with Crippen molar-refractivity contribution >= 4 is 23.2 Å². The predicted octanol–water partition coefficient (Wildman–Crippen LogP) is 3.96. The molecule has 0 bridgehead atoms. The Morgan fingerprint density at radius 1 is 1.24 bits per heavy atom. The van der Waals surface area contributed by atoms with Gasteiger partial charge in [0.05, 0.1) is 0 Å². The van der Waals surface area contributed by atoms with E-state index in [1.54, 1.807) is 19.1 Å². The van der Waals surface area contributed by atoms with E-state index in [9.17, 15) is 4.79 Å². The largest absolute Gasteiger partial charge is 0.322 e. The van der Waals surface area contributed by atoms with E-state index < -0.39 is 0 Å². The Labute approximate surface area is 149 Å². The van der Waals surface area contributed by atoms with Crippen molar-refractivity contribution in [3.05, 3.63) is 58.6 Å². The molecule has 0 radical (unpaired) electrons. The molecule has 0 aliphatic heterocycles. The van der Waals surface area contributed by atoms with Crippen LogP contribution in [0.2, 0.25) is 5.15 Å². The lowest BCUT2D eigenvalue weighted by atomic mass is 10.1. The Bertz CT molecular complexity index is 928. The molecule has 126 valence electrons. The van der Waals surface area contributed by atoms with E-state index in [-0.39, 0.29) is 5.91 Å². The fourth-order valence-corrected chi connectivity index (χ4v) is 2.89. The van der Waals surface area contributed by atoms with Crippen molar-refractivity contribution in [3.8, 4) is 11.4 Å². The monoisotopic (exact) mass is 353 g/mol. The van der Waals surface area contributed by atoms with Gasteiger partial charge in [-0.25, -0.2) is 9.97 Å². The lowest BCUT2D eigenvalue weighted by Gasteiger charge is -2.07. The summed E-state index contributed by atoms with van der Waals surface area (Å²) in [5.41, 5.74) is 2.69. The molecule has 0 saturated heterocycles. The number of hydrogen-bond donors (Lipinski definition) is 2. The molecule has 1 amide bonds. The van der Waals surface area contributed by atoms with Gasteiger partial charge in [-0.3, -0.25) is 9.89 Å². The van der Waals surface area contributed by atoms with E-state index in [2.05, 4.69) is 25.5 Å². The predicted molar refractivity (Wildman–Crippen MR) is 95.7 cm³/mol. The maximum Gasteiger partial charge on any atom is 0.255 e. The number of halogens is 1. The van der Waals surface area contributed by atoms with Gasteiger partial charge in [0, 0.05) is 28.4 Å². The number of carbonyl (C=O) groups is 1. The Balaban J connectivity index is 1.55. The second-order valence-corrected chi connectivity index (χ2v) is 6.56. The summed E-state index contributed by atoms with van der Waals surface area (Å²) >= 11 is 5.92. The van der Waals surface area contributed by atoms with Crippen molar-refractivity contribution in [2.75, 3.05) is 5.32 Å². The van der Waals surface area contributed by atoms with Gasteiger partial charge in [-0.2, -0.15) is 5.10 Å². The highest BCUT2D eigenvalue weighted by atomic mass is 35.5. The molecule has 1 aliphatic carbocycles. The Hall–Kier alpha value is -2.73. The zero-order chi connectivity index (χ0) is 17.4. The van der Waals surface area contributed by atoms with Crippen LogP contribution in [-0.2, 0) is 0 Å². The van der Waals surface area contributed by atoms with E-state index in [1.807, 2.05) is 24.3 Å². The highest BCUT2D eigenvalue weighted by Crippen LogP contribution is 2.38. The minimum Gasteiger partial charge on any atom is -0.322 e. The van der Waals surface area contributed by atoms with Crippen LogP contribution in [0, 0.1) is 6.92 Å². The molecule has 1 fully saturated rings. The summed E-state index contributed by atoms with van der Waals surface area (Å²) < 4.78 is 0. The van der Waals surface area contributed by atoms with Crippen LogP contribution >= 0.6 is 11.6 Å². The second kappa shape index (κ2) is 6.29. The first-order valence-electron chi connectivity index (χ1n) is 8.07. The zero-order valence-corrected chi connectivity index (χ0v) is 14.3. The van der Waals surface area contributed by atoms with Crippen LogP contribution in [0.1, 0.15) is 40.6 Å². The highest BCUT2D eigenvalue weighted by molar-refractivity contribution is 6.29. The Morgan fingerprint density at radius 2 is 2.08 bits per heavy atom. The van der Waals surface area contributed by atoms with Crippen LogP contribution in [0.5, 0.6) is 0 Å². The lowest BCUT2D eigenvalue weighted by molar-refractivity contribution is 0.102. The first-order chi connectivity index (χ1) is 12.1. The van der Waals surface area contributed by atoms with Crippen molar-refractivity contribution in [3.63, 3.8) is 0 Å². The summed E-state index contributed by atoms with van der Waals surface area (Å²) in [4.78, 5) is 21.0. The molecule has 7 heteroatoms. The molecular weight excluding hydrogens is 338 g/mol. The Kier molecular flexibility index (Phi) is 3.97. The van der Waals surface area contributed by atoms with Crippen molar-refractivity contribution in [2.24, 2.45) is 0 Å². The van der Waals surface area contributed by atoms with Gasteiger partial charge in [0.2, 0.25) is 0 Å². The Morgan fingerprint density at radius 3 is 2.84 bits per heavy atom. The maximum atomic E-state index is 12.4. The minimum atomic E-state index is -0.238. The normalized spacial score (nSPS) is 13.7. The number of benzene rings is 1. The molecule has 2 heterocycles. The number of aromatic nitrogens is 4. The van der Waals surface area contributed by atoms with E-state index in [1.165, 1.54) is 12.8 Å². The van der Waals surface area contributed by atoms with Gasteiger partial charge in [0.15, 0.2) is 5.82 Å². The number of nitrogens with one attached hydrogen (secondary N) is 2. The second-order valence-electron chi connectivity index (χ2n) is 6.17. The number of nitrogens with zero attached hydrogens (tertiary/aromatic N) is 3. The summed E-state index contributed by atoms with van der Waals surface area (Å²) in [5.74, 6) is 1.86. The van der Waals surface area contributed by atoms with Gasteiger partial charge < -0.3 is 5.32 Å². The first kappa shape index (κ1) is 15.8. The molecule has 1 saturated carbocycles. The number of amides is 1. The number of hydrogen-bond acceptors (Lipinski definition) is 4. The third kappa shape index (κ3) is 3.53. The lowest BCUT2D eigenvalue weighted by Crippen LogP contribution is -2.12. The topological polar surface area (TPSA) is 83.6 Å². The zero-order valence-electron chi connectivity index (χ0n) is 13.6. The summed E-state index contributed by atoms with van der Waals surface area (Å²) in [6.07, 6.45) is 2.33. The molecule has 3 aromatic rings. The minimum absolute atomic E-state index is 0.238. The van der Waals surface area contributed by atoms with Gasteiger partial charge in [-0.15, -0.1) is 0 Å². The maximum absolute atomic E-state index is 12.4. The molecular formula is C18H16ClN5O. The number of pyridine rings is 1. The highest BCUT2D eigenvalue weighted by Gasteiger charge is 2.27. The standard InChI is InChI=1S/C18H16ClN5O/c1-10-7-13(9-15(19)20-10)18(25)21-14-4-2-3-12(8-14)17-22-16(23-24-17)11-5-6-11/h2-4,7-9,11H,5-6H2,1H3,(H,21,25)(H,22,23,24). The summed E-state index contributed by atoms with van der Waals surface area (Å²) in [6, 6.07) is 10.7. The van der Waals surface area contributed by atoms with Crippen molar-refractivity contribution in [1.82, 2.24) is 20.2 Å². The number of anilines is 1. The molecule has 4 rings (SSSR count). The molecule has 0 unspecified atom stereocenters. The first-order valence-corrected chi connectivity index (χ1v) is 8.44. The van der Waals surface area contributed by atoms with Crippen molar-refractivity contribution in [2.45, 2.75) is 25.7 Å². The van der Waals surface area contributed by atoms with E-state index in [0.717, 1.165) is 11.4 Å². The van der Waals surface area contributed by atoms with Crippen molar-refractivity contribution in [1.29, 1.82) is 0 Å². The third-order valence-corrected chi connectivity index (χ3v) is 4.22. The number of aryl methyl sites for hydroxylation is 1. The number of aromatic amines is 1. The van der Waals surface area contributed by atoms with E-state index >= 15 is 0 Å². The molecule has 2 N–H and O–H groups in total. The van der Waals surface area contributed by atoms with Crippen LogP contribution < -0.4 is 5.32 Å². The fraction of sp³-hybridized carbons (Fsp3) is 0.222. The molecule has 1 aromatic carbocycles. The average Bonchev–Trinajstić information content (AvgIpc) is 3.31. The average molecular weight is 354 g/mol. The number of carbonyl (C=O) groups excluding carboxylic acids is 1. The van der Waals surface area contributed by atoms with Crippen LogP contribution in [0.3, 0.4) is 0 Å². The third-order valence-electron chi connectivity index (χ3n) is 4.03. The van der Waals surface area contributed by atoms with Gasteiger partial charge in [0.1, 0.15) is 11.0 Å². The van der Waals surface area contributed by atoms with Gasteiger partial charge >= 0.3 is 0 Å². The van der Waals surface area contributed by atoms with Crippen LogP contribution in [0.15, 0.2) is 36.4 Å². The molecule has 6 nitrogen and oxygen atoms in total. The summed E-state index contributed by atoms with van der Waals surface area (Å²) in [7, 11) is 0. The molecule has 0 atom stereocenters. The summed E-state index contributed by atoms with van der Waals surface area (Å²) in [6.45, 7) is 1.80. The quantitative estimate of drug-likeness (QED) is 0.695. The molecule has 0 spiro atoms. The SMILES string of the molecule is Cc1cc(C(=O)Nc2cccc(-c3n[nH]c(C4CC4)n3)c2)cc(Cl)n1. The van der Waals surface area contributed by atoms with E-state index in [0.29, 0.717) is 33.8 Å². The number of H-pyrrole nitrogens is 1. The van der Waals surface area contributed by atoms with Crippen LogP contribution in [-0.4, -0.2) is 26.1 Å². The smallest absolute Gasteiger partial charge is 0.255 e. The van der Waals surface area contributed by atoms with Crippen LogP contribution in [0.25, 0.3) is 11.4 Å². The molecule has 2 aromatic heterocycles. The molecule has 1 aliphatic rings. The summed E-state index contributed by atoms with van der Waals surface area (Å²) in [5, 5.41) is 10.4.